The van der Waals surface area contributed by atoms with Crippen molar-refractivity contribution in [1.29, 1.82) is 0 Å². The Morgan fingerprint density at radius 1 is 1.37 bits per heavy atom. The summed E-state index contributed by atoms with van der Waals surface area (Å²) in [6.45, 7) is 0.0625. The van der Waals surface area contributed by atoms with Gasteiger partial charge in [0, 0.05) is 5.02 Å². The molecule has 0 unspecified atom stereocenters. The molecule has 1 aromatic carbocycles. The van der Waals surface area contributed by atoms with E-state index in [1.807, 2.05) is 0 Å². The summed E-state index contributed by atoms with van der Waals surface area (Å²) in [6.07, 6.45) is 0. The van der Waals surface area contributed by atoms with Crippen molar-refractivity contribution in [2.75, 3.05) is 6.54 Å². The fourth-order valence-electron chi connectivity index (χ4n) is 1.53. The molecule has 8 heteroatoms. The molecule has 0 atom stereocenters. The first-order valence-electron chi connectivity index (χ1n) is 5.49. The van der Waals surface area contributed by atoms with E-state index in [1.54, 1.807) is 18.2 Å². The Morgan fingerprint density at radius 2 is 2.16 bits per heavy atom. The first-order chi connectivity index (χ1) is 9.04. The Bertz CT molecular complexity index is 625. The Morgan fingerprint density at radius 3 is 2.89 bits per heavy atom. The minimum atomic E-state index is -0.742. The van der Waals surface area contributed by atoms with Crippen LogP contribution in [0.3, 0.4) is 0 Å². The summed E-state index contributed by atoms with van der Waals surface area (Å²) >= 11 is 5.86. The van der Waals surface area contributed by atoms with Crippen LogP contribution < -0.4 is 16.4 Å². The second-order valence-electron chi connectivity index (χ2n) is 3.84. The minimum absolute atomic E-state index is 0.165. The number of amides is 3. The van der Waals surface area contributed by atoms with Crippen molar-refractivity contribution in [3.8, 4) is 0 Å². The van der Waals surface area contributed by atoms with Crippen molar-refractivity contribution in [2.45, 2.75) is 6.54 Å². The molecule has 0 aliphatic carbocycles. The Hall–Kier alpha value is -2.28. The van der Waals surface area contributed by atoms with E-state index in [1.165, 1.54) is 0 Å². The zero-order chi connectivity index (χ0) is 13.8. The zero-order valence-corrected chi connectivity index (χ0v) is 10.6. The fourth-order valence-corrected chi connectivity index (χ4v) is 1.70. The first kappa shape index (κ1) is 13.2. The molecule has 3 amide bonds. The highest BCUT2D eigenvalue weighted by molar-refractivity contribution is 6.31. The second-order valence-corrected chi connectivity index (χ2v) is 4.28. The summed E-state index contributed by atoms with van der Waals surface area (Å²) < 4.78 is 0. The average molecular weight is 282 g/mol. The van der Waals surface area contributed by atoms with E-state index in [0.717, 1.165) is 11.0 Å². The van der Waals surface area contributed by atoms with Gasteiger partial charge in [-0.05, 0) is 18.2 Å². The Balaban J connectivity index is 1.94. The van der Waals surface area contributed by atoms with Gasteiger partial charge in [-0.15, -0.1) is 0 Å². The molecule has 2 aromatic rings. The van der Waals surface area contributed by atoms with Crippen LogP contribution in [-0.4, -0.2) is 28.5 Å². The predicted molar refractivity (Wildman–Crippen MR) is 70.5 cm³/mol. The van der Waals surface area contributed by atoms with Gasteiger partial charge in [-0.25, -0.2) is 9.78 Å². The van der Waals surface area contributed by atoms with Crippen LogP contribution >= 0.6 is 11.6 Å². The normalized spacial score (nSPS) is 10.4. The van der Waals surface area contributed by atoms with Crippen molar-refractivity contribution in [2.24, 2.45) is 5.73 Å². The molecule has 0 aliphatic heterocycles. The molecule has 0 bridgehead atoms. The standard InChI is InChI=1S/C11H12ClN5O2/c12-6-1-2-7-8(3-6)17-9(16-7)4-14-10(18)5-15-11(13)19/h1-3H,4-5H2,(H,14,18)(H,16,17)(H3,13,15,19). The van der Waals surface area contributed by atoms with E-state index < -0.39 is 6.03 Å². The number of nitrogens with one attached hydrogen (secondary N) is 3. The van der Waals surface area contributed by atoms with E-state index in [9.17, 15) is 9.59 Å². The van der Waals surface area contributed by atoms with E-state index in [-0.39, 0.29) is 19.0 Å². The van der Waals surface area contributed by atoms with E-state index in [0.29, 0.717) is 10.8 Å². The molecule has 0 radical (unpaired) electrons. The lowest BCUT2D eigenvalue weighted by atomic mass is 10.3. The molecule has 0 saturated carbocycles. The van der Waals surface area contributed by atoms with Crippen LogP contribution in [0.1, 0.15) is 5.82 Å². The summed E-state index contributed by atoms with van der Waals surface area (Å²) in [5, 5.41) is 5.40. The van der Waals surface area contributed by atoms with Gasteiger partial charge >= 0.3 is 6.03 Å². The van der Waals surface area contributed by atoms with Crippen LogP contribution in [0.15, 0.2) is 18.2 Å². The van der Waals surface area contributed by atoms with Crippen LogP contribution in [0.25, 0.3) is 11.0 Å². The molecule has 2 rings (SSSR count). The molecular weight excluding hydrogens is 270 g/mol. The zero-order valence-electron chi connectivity index (χ0n) is 9.87. The largest absolute Gasteiger partial charge is 0.352 e. The van der Waals surface area contributed by atoms with E-state index in [2.05, 4.69) is 20.6 Å². The maximum Gasteiger partial charge on any atom is 0.312 e. The smallest absolute Gasteiger partial charge is 0.312 e. The van der Waals surface area contributed by atoms with Gasteiger partial charge in [0.1, 0.15) is 5.82 Å². The number of aromatic nitrogens is 2. The summed E-state index contributed by atoms with van der Waals surface area (Å²) in [5.41, 5.74) is 6.42. The fraction of sp³-hybridized carbons (Fsp3) is 0.182. The maximum atomic E-state index is 11.3. The quantitative estimate of drug-likeness (QED) is 0.654. The Kier molecular flexibility index (Phi) is 3.86. The van der Waals surface area contributed by atoms with Crippen LogP contribution in [0.5, 0.6) is 0 Å². The van der Waals surface area contributed by atoms with Gasteiger partial charge in [0.2, 0.25) is 5.91 Å². The lowest BCUT2D eigenvalue weighted by molar-refractivity contribution is -0.120. The van der Waals surface area contributed by atoms with Gasteiger partial charge in [0.15, 0.2) is 0 Å². The SMILES string of the molecule is NC(=O)NCC(=O)NCc1nc2ccc(Cl)cc2[nH]1. The molecular formula is C11H12ClN5O2. The molecule has 100 valence electrons. The number of carbonyl (C=O) groups is 2. The number of H-pyrrole nitrogens is 1. The third-order valence-corrected chi connectivity index (χ3v) is 2.60. The number of urea groups is 1. The van der Waals surface area contributed by atoms with Crippen molar-refractivity contribution in [3.63, 3.8) is 0 Å². The number of fused-ring (bicyclic) bond motifs is 1. The number of halogens is 1. The molecule has 7 nitrogen and oxygen atoms in total. The van der Waals surface area contributed by atoms with Crippen molar-refractivity contribution >= 4 is 34.6 Å². The molecule has 0 spiro atoms. The van der Waals surface area contributed by atoms with E-state index >= 15 is 0 Å². The lowest BCUT2D eigenvalue weighted by Crippen LogP contribution is -2.39. The monoisotopic (exact) mass is 281 g/mol. The van der Waals surface area contributed by atoms with Crippen molar-refractivity contribution in [3.05, 3.63) is 29.0 Å². The predicted octanol–water partition coefficient (Wildman–Crippen LogP) is 0.501. The average Bonchev–Trinajstić information content (AvgIpc) is 2.75. The number of rotatable bonds is 4. The number of benzene rings is 1. The first-order valence-corrected chi connectivity index (χ1v) is 5.86. The highest BCUT2D eigenvalue weighted by Gasteiger charge is 2.06. The lowest BCUT2D eigenvalue weighted by Gasteiger charge is -2.02. The molecule has 1 heterocycles. The highest BCUT2D eigenvalue weighted by atomic mass is 35.5. The minimum Gasteiger partial charge on any atom is -0.352 e. The van der Waals surface area contributed by atoms with Crippen LogP contribution in [0.4, 0.5) is 4.79 Å². The number of primary amides is 1. The van der Waals surface area contributed by atoms with Crippen LogP contribution in [0.2, 0.25) is 5.02 Å². The number of aromatic amines is 1. The van der Waals surface area contributed by atoms with Gasteiger partial charge in [0.05, 0.1) is 24.1 Å². The molecule has 19 heavy (non-hydrogen) atoms. The molecule has 0 aliphatic rings. The van der Waals surface area contributed by atoms with Gasteiger partial charge in [-0.3, -0.25) is 4.79 Å². The van der Waals surface area contributed by atoms with Gasteiger partial charge in [-0.2, -0.15) is 0 Å². The van der Waals surface area contributed by atoms with Crippen molar-refractivity contribution < 1.29 is 9.59 Å². The summed E-state index contributed by atoms with van der Waals surface area (Å²) in [5.74, 6) is 0.252. The third-order valence-electron chi connectivity index (χ3n) is 2.37. The number of imidazole rings is 1. The number of carbonyl (C=O) groups excluding carboxylic acids is 2. The summed E-state index contributed by atoms with van der Waals surface area (Å²) in [4.78, 5) is 29.1. The molecule has 0 fully saturated rings. The van der Waals surface area contributed by atoms with Crippen molar-refractivity contribution in [1.82, 2.24) is 20.6 Å². The maximum absolute atomic E-state index is 11.3. The topological polar surface area (TPSA) is 113 Å². The third kappa shape index (κ3) is 3.59. The van der Waals surface area contributed by atoms with Crippen LogP contribution in [0, 0.1) is 0 Å². The van der Waals surface area contributed by atoms with Gasteiger partial charge in [-0.1, -0.05) is 11.6 Å². The van der Waals surface area contributed by atoms with Crippen LogP contribution in [-0.2, 0) is 11.3 Å². The number of nitrogens with zero attached hydrogens (tertiary/aromatic N) is 1. The molecule has 0 saturated heterocycles. The summed E-state index contributed by atoms with van der Waals surface area (Å²) in [7, 11) is 0. The number of nitrogens with two attached hydrogens (primary N) is 1. The molecule has 1 aromatic heterocycles. The summed E-state index contributed by atoms with van der Waals surface area (Å²) in [6, 6.07) is 4.54. The van der Waals surface area contributed by atoms with Gasteiger partial charge in [0.25, 0.3) is 0 Å². The molecule has 5 N–H and O–H groups in total. The Labute approximate surface area is 113 Å². The second kappa shape index (κ2) is 5.57. The number of hydrogen-bond acceptors (Lipinski definition) is 3. The number of hydrogen-bond donors (Lipinski definition) is 4. The highest BCUT2D eigenvalue weighted by Crippen LogP contribution is 2.16. The van der Waals surface area contributed by atoms with Gasteiger partial charge < -0.3 is 21.4 Å². The van der Waals surface area contributed by atoms with E-state index in [4.69, 9.17) is 17.3 Å².